The quantitative estimate of drug-likeness (QED) is 0.410. The van der Waals surface area contributed by atoms with Crippen LogP contribution in [0.3, 0.4) is 0 Å². The van der Waals surface area contributed by atoms with Crippen LogP contribution in [0.25, 0.3) is 21.8 Å². The van der Waals surface area contributed by atoms with Gasteiger partial charge in [0, 0.05) is 22.7 Å². The minimum Gasteiger partial charge on any atom is -0.256 e. The van der Waals surface area contributed by atoms with E-state index < -0.39 is 0 Å². The van der Waals surface area contributed by atoms with Crippen LogP contribution in [0.4, 0.5) is 0 Å². The normalized spacial score (nSPS) is 9.52. The van der Waals surface area contributed by atoms with Crippen LogP contribution in [0.15, 0.2) is 79.0 Å². The van der Waals surface area contributed by atoms with Crippen molar-refractivity contribution < 1.29 is 0 Å². The molecule has 2 aromatic carbocycles. The zero-order valence-corrected chi connectivity index (χ0v) is 13.9. The van der Waals surface area contributed by atoms with Crippen LogP contribution in [0.5, 0.6) is 0 Å². The fourth-order valence-electron chi connectivity index (χ4n) is 2.18. The molecule has 0 saturated heterocycles. The molecule has 23 heavy (non-hydrogen) atoms. The van der Waals surface area contributed by atoms with Crippen LogP contribution in [0.1, 0.15) is 19.5 Å². The van der Waals surface area contributed by atoms with E-state index in [-0.39, 0.29) is 0 Å². The molecule has 2 heterocycles. The number of hydrogen-bond donors (Lipinski definition) is 0. The van der Waals surface area contributed by atoms with Crippen LogP contribution in [0, 0.1) is 6.92 Å². The highest BCUT2D eigenvalue weighted by Gasteiger charge is 1.91. The van der Waals surface area contributed by atoms with E-state index in [2.05, 4.69) is 34.2 Å². The van der Waals surface area contributed by atoms with Gasteiger partial charge in [-0.3, -0.25) is 9.97 Å². The number of aromatic nitrogens is 2. The number of hydrogen-bond acceptors (Lipinski definition) is 2. The third kappa shape index (κ3) is 4.62. The van der Waals surface area contributed by atoms with Gasteiger partial charge in [-0.2, -0.15) is 0 Å². The molecule has 0 aliphatic carbocycles. The monoisotopic (exact) mass is 302 g/mol. The van der Waals surface area contributed by atoms with Crippen molar-refractivity contribution in [2.45, 2.75) is 20.8 Å². The molecule has 0 amide bonds. The summed E-state index contributed by atoms with van der Waals surface area (Å²) in [4.78, 5) is 8.56. The van der Waals surface area contributed by atoms with Crippen LogP contribution in [0.2, 0.25) is 0 Å². The zero-order chi connectivity index (χ0) is 16.5. The molecular formula is C21H22N2. The van der Waals surface area contributed by atoms with Gasteiger partial charge in [-0.15, -0.1) is 0 Å². The van der Waals surface area contributed by atoms with E-state index in [1.807, 2.05) is 75.5 Å². The predicted octanol–water partition coefficient (Wildman–Crippen LogP) is 5.80. The maximum atomic E-state index is 4.38. The van der Waals surface area contributed by atoms with E-state index in [9.17, 15) is 0 Å². The van der Waals surface area contributed by atoms with Crippen molar-refractivity contribution in [2.75, 3.05) is 0 Å². The summed E-state index contributed by atoms with van der Waals surface area (Å²) >= 11 is 0. The smallest absolute Gasteiger partial charge is 0.0705 e. The molecule has 2 aromatic heterocycles. The predicted molar refractivity (Wildman–Crippen MR) is 99.6 cm³/mol. The summed E-state index contributed by atoms with van der Waals surface area (Å²) in [6.45, 7) is 6.01. The fraction of sp³-hybridized carbons (Fsp3) is 0.143. The van der Waals surface area contributed by atoms with Crippen molar-refractivity contribution >= 4 is 21.8 Å². The number of aryl methyl sites for hydroxylation is 1. The number of nitrogens with zero attached hydrogens (tertiary/aromatic N) is 2. The average Bonchev–Trinajstić information content (AvgIpc) is 2.64. The van der Waals surface area contributed by atoms with Gasteiger partial charge in [0.05, 0.1) is 11.0 Å². The van der Waals surface area contributed by atoms with E-state index >= 15 is 0 Å². The summed E-state index contributed by atoms with van der Waals surface area (Å²) < 4.78 is 0. The van der Waals surface area contributed by atoms with Crippen molar-refractivity contribution in [3.8, 4) is 0 Å². The van der Waals surface area contributed by atoms with Gasteiger partial charge in [-0.1, -0.05) is 62.4 Å². The van der Waals surface area contributed by atoms with Crippen LogP contribution in [-0.4, -0.2) is 9.97 Å². The Balaban J connectivity index is 0.000000152. The second kappa shape index (κ2) is 8.64. The highest BCUT2D eigenvalue weighted by Crippen LogP contribution is 2.10. The molecule has 0 atom stereocenters. The zero-order valence-electron chi connectivity index (χ0n) is 13.9. The molecule has 2 nitrogen and oxygen atoms in total. The molecule has 0 saturated carbocycles. The maximum absolute atomic E-state index is 4.38. The average molecular weight is 302 g/mol. The summed E-state index contributed by atoms with van der Waals surface area (Å²) in [6.07, 6.45) is 1.81. The molecule has 0 bridgehead atoms. The van der Waals surface area contributed by atoms with Crippen molar-refractivity contribution in [3.05, 3.63) is 84.7 Å². The molecule has 0 N–H and O–H groups in total. The van der Waals surface area contributed by atoms with Gasteiger partial charge in [0.25, 0.3) is 0 Å². The van der Waals surface area contributed by atoms with E-state index in [0.29, 0.717) is 0 Å². The molecule has 116 valence electrons. The molecule has 4 aromatic rings. The third-order valence-corrected chi connectivity index (χ3v) is 3.25. The Morgan fingerprint density at radius 1 is 0.609 bits per heavy atom. The van der Waals surface area contributed by atoms with E-state index in [1.54, 1.807) is 0 Å². The van der Waals surface area contributed by atoms with E-state index in [0.717, 1.165) is 16.7 Å². The minimum absolute atomic E-state index is 1.06. The largest absolute Gasteiger partial charge is 0.256 e. The lowest BCUT2D eigenvalue weighted by molar-refractivity contribution is 1.26. The first-order chi connectivity index (χ1) is 11.3. The first-order valence-electron chi connectivity index (χ1n) is 7.95. The SMILES string of the molecule is CC.Cc1ccc2ccccc2n1.c1ccc2ncccc2c1. The molecule has 0 fully saturated rings. The molecule has 2 heteroatoms. The Morgan fingerprint density at radius 3 is 1.87 bits per heavy atom. The number of fused-ring (bicyclic) bond motifs is 2. The molecule has 4 rings (SSSR count). The lowest BCUT2D eigenvalue weighted by Crippen LogP contribution is -1.80. The van der Waals surface area contributed by atoms with Crippen molar-refractivity contribution in [1.82, 2.24) is 9.97 Å². The van der Waals surface area contributed by atoms with Crippen LogP contribution >= 0.6 is 0 Å². The van der Waals surface area contributed by atoms with Gasteiger partial charge in [0.1, 0.15) is 0 Å². The second-order valence-electron chi connectivity index (χ2n) is 4.84. The molecule has 0 aliphatic rings. The second-order valence-corrected chi connectivity index (χ2v) is 4.84. The molecule has 0 aliphatic heterocycles. The summed E-state index contributed by atoms with van der Waals surface area (Å²) in [5.74, 6) is 0. The highest BCUT2D eigenvalue weighted by atomic mass is 14.7. The fourth-order valence-corrected chi connectivity index (χ4v) is 2.18. The minimum atomic E-state index is 1.06. The first-order valence-corrected chi connectivity index (χ1v) is 7.95. The number of rotatable bonds is 0. The van der Waals surface area contributed by atoms with E-state index in [1.165, 1.54) is 10.8 Å². The Morgan fingerprint density at radius 2 is 1.17 bits per heavy atom. The van der Waals surface area contributed by atoms with Gasteiger partial charge < -0.3 is 0 Å². The number of pyridine rings is 2. The molecule has 0 radical (unpaired) electrons. The summed E-state index contributed by atoms with van der Waals surface area (Å²) in [5, 5.41) is 2.41. The summed E-state index contributed by atoms with van der Waals surface area (Å²) in [7, 11) is 0. The number of benzene rings is 2. The molecule has 0 spiro atoms. The third-order valence-electron chi connectivity index (χ3n) is 3.25. The Kier molecular flexibility index (Phi) is 6.25. The van der Waals surface area contributed by atoms with Crippen molar-refractivity contribution in [1.29, 1.82) is 0 Å². The summed E-state index contributed by atoms with van der Waals surface area (Å²) in [6, 6.07) is 24.3. The maximum Gasteiger partial charge on any atom is 0.0705 e. The van der Waals surface area contributed by atoms with Gasteiger partial charge in [0.2, 0.25) is 0 Å². The molecule has 0 unspecified atom stereocenters. The Hall–Kier alpha value is -2.74. The van der Waals surface area contributed by atoms with Crippen LogP contribution in [-0.2, 0) is 0 Å². The lowest BCUT2D eigenvalue weighted by atomic mass is 10.2. The lowest BCUT2D eigenvalue weighted by Gasteiger charge is -1.95. The van der Waals surface area contributed by atoms with E-state index in [4.69, 9.17) is 0 Å². The Bertz CT molecular complexity index is 804. The highest BCUT2D eigenvalue weighted by molar-refractivity contribution is 5.78. The Labute approximate surface area is 137 Å². The van der Waals surface area contributed by atoms with Gasteiger partial charge in [-0.25, -0.2) is 0 Å². The van der Waals surface area contributed by atoms with Gasteiger partial charge >= 0.3 is 0 Å². The number of para-hydroxylation sites is 2. The van der Waals surface area contributed by atoms with Crippen molar-refractivity contribution in [3.63, 3.8) is 0 Å². The van der Waals surface area contributed by atoms with Gasteiger partial charge in [-0.05, 0) is 31.2 Å². The topological polar surface area (TPSA) is 25.8 Å². The molecular weight excluding hydrogens is 280 g/mol. The first kappa shape index (κ1) is 16.6. The van der Waals surface area contributed by atoms with Crippen molar-refractivity contribution in [2.24, 2.45) is 0 Å². The van der Waals surface area contributed by atoms with Gasteiger partial charge in [0.15, 0.2) is 0 Å². The summed E-state index contributed by atoms with van der Waals surface area (Å²) in [5.41, 5.74) is 3.21. The standard InChI is InChI=1S/C10H9N.C9H7N.C2H6/c1-8-6-7-9-4-2-3-5-10(9)11-8;1-2-6-9-8(4-1)5-3-7-10-9;1-2/h2-7H,1H3;1-7H;1-2H3. The van der Waals surface area contributed by atoms with Crippen LogP contribution < -0.4 is 0 Å².